The van der Waals surface area contributed by atoms with Crippen LogP contribution in [0.5, 0.6) is 0 Å². The van der Waals surface area contributed by atoms with Gasteiger partial charge in [-0.05, 0) is 46.5 Å². The molecule has 1 rings (SSSR count). The Hall–Kier alpha value is -0.570. The van der Waals surface area contributed by atoms with Gasteiger partial charge in [0.2, 0.25) is 0 Å². The van der Waals surface area contributed by atoms with Crippen LogP contribution in [0.25, 0.3) is 0 Å². The van der Waals surface area contributed by atoms with Crippen LogP contribution in [-0.2, 0) is 14.3 Å². The maximum absolute atomic E-state index is 11.7. The van der Waals surface area contributed by atoms with Crippen LogP contribution in [0.1, 0.15) is 52.9 Å². The zero-order valence-corrected chi connectivity index (χ0v) is 10.3. The Bertz CT molecular complexity index is 227. The molecule has 0 amide bonds. The molecule has 0 aromatic carbocycles. The van der Waals surface area contributed by atoms with Gasteiger partial charge in [-0.15, -0.1) is 0 Å². The van der Waals surface area contributed by atoms with E-state index in [0.29, 0.717) is 6.42 Å². The van der Waals surface area contributed by atoms with E-state index in [4.69, 9.17) is 9.47 Å². The zero-order valence-electron chi connectivity index (χ0n) is 10.3. The molecule has 0 atom stereocenters. The highest BCUT2D eigenvalue weighted by Gasteiger charge is 2.34. The van der Waals surface area contributed by atoms with Crippen molar-refractivity contribution in [2.45, 2.75) is 64.1 Å². The van der Waals surface area contributed by atoms with Gasteiger partial charge in [0.15, 0.2) is 0 Å². The molecule has 1 aliphatic rings. The fourth-order valence-corrected chi connectivity index (χ4v) is 1.96. The quantitative estimate of drug-likeness (QED) is 0.675. The smallest absolute Gasteiger partial charge is 0.309 e. The summed E-state index contributed by atoms with van der Waals surface area (Å²) in [6.45, 7) is 5.81. The largest absolute Gasteiger partial charge is 0.459 e. The summed E-state index contributed by atoms with van der Waals surface area (Å²) < 4.78 is 10.7. The van der Waals surface area contributed by atoms with Crippen molar-refractivity contribution < 1.29 is 14.3 Å². The molecular formula is C12H22O3. The van der Waals surface area contributed by atoms with Crippen LogP contribution in [-0.4, -0.2) is 24.3 Å². The van der Waals surface area contributed by atoms with Gasteiger partial charge < -0.3 is 9.47 Å². The standard InChI is InChI=1S/C12H22O3/c1-11(2,14-4)9-10(13)15-12(3)7-5-6-8-12/h5-9H2,1-4H3. The molecule has 0 aliphatic heterocycles. The van der Waals surface area contributed by atoms with Crippen LogP contribution in [0.15, 0.2) is 0 Å². The van der Waals surface area contributed by atoms with Crippen molar-refractivity contribution in [3.05, 3.63) is 0 Å². The van der Waals surface area contributed by atoms with Gasteiger partial charge in [0.1, 0.15) is 5.60 Å². The molecule has 0 aromatic heterocycles. The lowest BCUT2D eigenvalue weighted by Crippen LogP contribution is -2.33. The predicted molar refractivity (Wildman–Crippen MR) is 58.7 cm³/mol. The summed E-state index contributed by atoms with van der Waals surface area (Å²) in [4.78, 5) is 11.7. The summed E-state index contributed by atoms with van der Waals surface area (Å²) in [5.74, 6) is -0.147. The van der Waals surface area contributed by atoms with Gasteiger partial charge in [0, 0.05) is 7.11 Å². The van der Waals surface area contributed by atoms with E-state index in [1.807, 2.05) is 20.8 Å². The minimum Gasteiger partial charge on any atom is -0.459 e. The van der Waals surface area contributed by atoms with Gasteiger partial charge >= 0.3 is 5.97 Å². The van der Waals surface area contributed by atoms with E-state index in [0.717, 1.165) is 25.7 Å². The lowest BCUT2D eigenvalue weighted by molar-refractivity contribution is -0.162. The average molecular weight is 214 g/mol. The van der Waals surface area contributed by atoms with Gasteiger partial charge in [-0.3, -0.25) is 4.79 Å². The second-order valence-corrected chi connectivity index (χ2v) is 5.27. The van der Waals surface area contributed by atoms with E-state index < -0.39 is 5.60 Å². The predicted octanol–water partition coefficient (Wildman–Crippen LogP) is 2.68. The van der Waals surface area contributed by atoms with Crippen molar-refractivity contribution in [3.8, 4) is 0 Å². The number of carbonyl (C=O) groups is 1. The van der Waals surface area contributed by atoms with Crippen molar-refractivity contribution in [1.82, 2.24) is 0 Å². The lowest BCUT2D eigenvalue weighted by atomic mass is 10.0. The van der Waals surface area contributed by atoms with E-state index >= 15 is 0 Å². The first-order valence-corrected chi connectivity index (χ1v) is 5.64. The molecule has 0 heterocycles. The Labute approximate surface area is 92.1 Å². The normalized spacial score (nSPS) is 20.3. The van der Waals surface area contributed by atoms with Gasteiger partial charge in [-0.2, -0.15) is 0 Å². The van der Waals surface area contributed by atoms with Crippen LogP contribution < -0.4 is 0 Å². The zero-order chi connectivity index (χ0) is 11.5. The summed E-state index contributed by atoms with van der Waals surface area (Å²) in [5.41, 5.74) is -0.646. The third-order valence-corrected chi connectivity index (χ3v) is 3.14. The van der Waals surface area contributed by atoms with E-state index in [2.05, 4.69) is 0 Å². The molecule has 3 heteroatoms. The Morgan fingerprint density at radius 2 is 1.87 bits per heavy atom. The van der Waals surface area contributed by atoms with Gasteiger partial charge in [0.25, 0.3) is 0 Å². The van der Waals surface area contributed by atoms with Crippen molar-refractivity contribution in [2.24, 2.45) is 0 Å². The molecule has 0 aromatic rings. The number of hydrogen-bond acceptors (Lipinski definition) is 3. The maximum Gasteiger partial charge on any atom is 0.309 e. The molecule has 0 radical (unpaired) electrons. The SMILES string of the molecule is COC(C)(C)CC(=O)OC1(C)CCCC1. The Morgan fingerprint density at radius 3 is 2.33 bits per heavy atom. The number of methoxy groups -OCH3 is 1. The van der Waals surface area contributed by atoms with E-state index in [9.17, 15) is 4.79 Å². The third kappa shape index (κ3) is 3.82. The number of rotatable bonds is 4. The van der Waals surface area contributed by atoms with Gasteiger partial charge in [-0.1, -0.05) is 0 Å². The molecule has 15 heavy (non-hydrogen) atoms. The van der Waals surface area contributed by atoms with Crippen LogP contribution in [0.2, 0.25) is 0 Å². The molecule has 3 nitrogen and oxygen atoms in total. The molecule has 0 bridgehead atoms. The molecule has 0 N–H and O–H groups in total. The van der Waals surface area contributed by atoms with Crippen molar-refractivity contribution in [2.75, 3.05) is 7.11 Å². The van der Waals surface area contributed by atoms with Crippen LogP contribution in [0, 0.1) is 0 Å². The monoisotopic (exact) mass is 214 g/mol. The molecule has 1 saturated carbocycles. The van der Waals surface area contributed by atoms with Crippen LogP contribution in [0.4, 0.5) is 0 Å². The molecule has 1 aliphatic carbocycles. The lowest BCUT2D eigenvalue weighted by Gasteiger charge is -2.27. The third-order valence-electron chi connectivity index (χ3n) is 3.14. The highest BCUT2D eigenvalue weighted by atomic mass is 16.6. The van der Waals surface area contributed by atoms with Crippen LogP contribution >= 0.6 is 0 Å². The van der Waals surface area contributed by atoms with Gasteiger partial charge in [0.05, 0.1) is 12.0 Å². The van der Waals surface area contributed by atoms with Crippen molar-refractivity contribution in [1.29, 1.82) is 0 Å². The molecule has 0 unspecified atom stereocenters. The fraction of sp³-hybridized carbons (Fsp3) is 0.917. The first-order chi connectivity index (χ1) is 6.87. The number of carbonyl (C=O) groups excluding carboxylic acids is 1. The highest BCUT2D eigenvalue weighted by Crippen LogP contribution is 2.33. The van der Waals surface area contributed by atoms with Gasteiger partial charge in [-0.25, -0.2) is 0 Å². The summed E-state index contributed by atoms with van der Waals surface area (Å²) in [6, 6.07) is 0. The molecule has 88 valence electrons. The summed E-state index contributed by atoms with van der Waals surface area (Å²) in [5, 5.41) is 0. The minimum atomic E-state index is -0.425. The summed E-state index contributed by atoms with van der Waals surface area (Å²) in [6.07, 6.45) is 4.63. The molecule has 1 fully saturated rings. The van der Waals surface area contributed by atoms with Crippen molar-refractivity contribution in [3.63, 3.8) is 0 Å². The molecular weight excluding hydrogens is 192 g/mol. The average Bonchev–Trinajstić information content (AvgIpc) is 2.50. The Balaban J connectivity index is 2.42. The number of ether oxygens (including phenoxy) is 2. The first-order valence-electron chi connectivity index (χ1n) is 5.64. The first kappa shape index (κ1) is 12.5. The number of hydrogen-bond donors (Lipinski definition) is 0. The fourth-order valence-electron chi connectivity index (χ4n) is 1.96. The van der Waals surface area contributed by atoms with E-state index in [-0.39, 0.29) is 11.6 Å². The Kier molecular flexibility index (Phi) is 3.77. The highest BCUT2D eigenvalue weighted by molar-refractivity contribution is 5.71. The number of esters is 1. The summed E-state index contributed by atoms with van der Waals surface area (Å²) in [7, 11) is 1.62. The maximum atomic E-state index is 11.7. The minimum absolute atomic E-state index is 0.147. The van der Waals surface area contributed by atoms with Crippen LogP contribution in [0.3, 0.4) is 0 Å². The van der Waals surface area contributed by atoms with E-state index in [1.165, 1.54) is 0 Å². The van der Waals surface area contributed by atoms with E-state index in [1.54, 1.807) is 7.11 Å². The second-order valence-electron chi connectivity index (χ2n) is 5.27. The second kappa shape index (κ2) is 4.52. The Morgan fingerprint density at radius 1 is 1.33 bits per heavy atom. The molecule has 0 saturated heterocycles. The molecule has 0 spiro atoms. The summed E-state index contributed by atoms with van der Waals surface area (Å²) >= 11 is 0. The van der Waals surface area contributed by atoms with Crippen molar-refractivity contribution >= 4 is 5.97 Å². The topological polar surface area (TPSA) is 35.5 Å².